The highest BCUT2D eigenvalue weighted by Crippen LogP contribution is 2.34. The third-order valence-corrected chi connectivity index (χ3v) is 4.73. The highest BCUT2D eigenvalue weighted by Gasteiger charge is 2.23. The van der Waals surface area contributed by atoms with E-state index in [0.29, 0.717) is 6.07 Å². The largest absolute Gasteiger partial charge is 0.507 e. The second-order valence-electron chi connectivity index (χ2n) is 4.68. The summed E-state index contributed by atoms with van der Waals surface area (Å²) in [5, 5.41) is 9.62. The van der Waals surface area contributed by atoms with Gasteiger partial charge >= 0.3 is 5.97 Å². The quantitative estimate of drug-likeness (QED) is 0.527. The molecule has 2 aromatic carbocycles. The van der Waals surface area contributed by atoms with Crippen molar-refractivity contribution in [1.29, 1.82) is 0 Å². The lowest BCUT2D eigenvalue weighted by Gasteiger charge is -2.11. The van der Waals surface area contributed by atoms with Gasteiger partial charge in [0.1, 0.15) is 5.75 Å². The molecule has 0 spiro atoms. The molecule has 0 atom stereocenters. The Bertz CT molecular complexity index is 1030. The summed E-state index contributed by atoms with van der Waals surface area (Å²) in [5.74, 6) is -1.67. The van der Waals surface area contributed by atoms with Gasteiger partial charge < -0.3 is 9.84 Å². The summed E-state index contributed by atoms with van der Waals surface area (Å²) in [7, 11) is -9.42. The standard InChI is InChI=1S/C13H12O9S2/c1-2-22-13(15)10-5-8(23(16,17)18)3-7-4-9(24(19,20)21)6-11(14)12(7)10/h3-6,14H,2H2,1H3,(H,16,17,18)(H,19,20,21). The van der Waals surface area contributed by atoms with Crippen molar-refractivity contribution in [2.24, 2.45) is 0 Å². The molecule has 0 aliphatic rings. The van der Waals surface area contributed by atoms with E-state index >= 15 is 0 Å². The monoisotopic (exact) mass is 376 g/mol. The lowest BCUT2D eigenvalue weighted by atomic mass is 10.0. The molecule has 0 aromatic heterocycles. The second kappa shape index (κ2) is 6.02. The summed E-state index contributed by atoms with van der Waals surface area (Å²) in [4.78, 5) is 10.6. The Balaban J connectivity index is 2.96. The maximum atomic E-state index is 12.0. The Labute approximate surface area is 137 Å². The van der Waals surface area contributed by atoms with E-state index in [2.05, 4.69) is 0 Å². The maximum absolute atomic E-state index is 12.0. The molecule has 3 N–H and O–H groups in total. The van der Waals surface area contributed by atoms with Crippen molar-refractivity contribution in [3.05, 3.63) is 29.8 Å². The Kier molecular flexibility index (Phi) is 4.55. The third kappa shape index (κ3) is 3.48. The molecule has 2 aromatic rings. The number of carbonyl (C=O) groups excluding carboxylic acids is 1. The average Bonchev–Trinajstić information content (AvgIpc) is 2.44. The molecule has 0 bridgehead atoms. The molecule has 9 nitrogen and oxygen atoms in total. The summed E-state index contributed by atoms with van der Waals surface area (Å²) in [6.45, 7) is 1.46. The molecule has 0 saturated heterocycles. The van der Waals surface area contributed by atoms with Crippen molar-refractivity contribution in [3.63, 3.8) is 0 Å². The van der Waals surface area contributed by atoms with Crippen LogP contribution in [0.15, 0.2) is 34.1 Å². The van der Waals surface area contributed by atoms with Gasteiger partial charge in [0.25, 0.3) is 20.2 Å². The predicted molar refractivity (Wildman–Crippen MR) is 81.2 cm³/mol. The Morgan fingerprint density at radius 2 is 1.50 bits per heavy atom. The fourth-order valence-corrected chi connectivity index (χ4v) is 3.19. The van der Waals surface area contributed by atoms with Crippen molar-refractivity contribution in [1.82, 2.24) is 0 Å². The van der Waals surface area contributed by atoms with Gasteiger partial charge in [0.15, 0.2) is 0 Å². The van der Waals surface area contributed by atoms with Gasteiger partial charge in [-0.15, -0.1) is 0 Å². The van der Waals surface area contributed by atoms with Crippen LogP contribution in [0.4, 0.5) is 0 Å². The van der Waals surface area contributed by atoms with E-state index < -0.39 is 41.7 Å². The minimum absolute atomic E-state index is 0.0414. The van der Waals surface area contributed by atoms with Crippen LogP contribution < -0.4 is 0 Å². The zero-order valence-corrected chi connectivity index (χ0v) is 13.8. The van der Waals surface area contributed by atoms with Gasteiger partial charge in [0, 0.05) is 11.5 Å². The molecule has 0 saturated carbocycles. The van der Waals surface area contributed by atoms with Crippen molar-refractivity contribution >= 4 is 37.0 Å². The first-order valence-corrected chi connectivity index (χ1v) is 9.26. The molecular weight excluding hydrogens is 364 g/mol. The maximum Gasteiger partial charge on any atom is 0.338 e. The van der Waals surface area contributed by atoms with E-state index in [4.69, 9.17) is 9.29 Å². The molecule has 24 heavy (non-hydrogen) atoms. The SMILES string of the molecule is CCOC(=O)c1cc(S(=O)(=O)O)cc2cc(S(=O)(=O)O)cc(O)c12. The van der Waals surface area contributed by atoms with Crippen LogP contribution in [-0.2, 0) is 25.0 Å². The first kappa shape index (κ1) is 18.1. The Morgan fingerprint density at radius 3 is 1.96 bits per heavy atom. The molecule has 0 heterocycles. The number of hydrogen-bond acceptors (Lipinski definition) is 7. The molecule has 0 fully saturated rings. The fraction of sp³-hybridized carbons (Fsp3) is 0.154. The Hall–Kier alpha value is -2.21. The van der Waals surface area contributed by atoms with Crippen LogP contribution in [0, 0.1) is 0 Å². The highest BCUT2D eigenvalue weighted by atomic mass is 32.2. The number of carbonyl (C=O) groups is 1. The van der Waals surface area contributed by atoms with Crippen LogP contribution in [0.25, 0.3) is 10.8 Å². The summed E-state index contributed by atoms with van der Waals surface area (Å²) in [5.41, 5.74) is -0.388. The first-order chi connectivity index (χ1) is 10.9. The second-order valence-corrected chi connectivity index (χ2v) is 7.53. The molecule has 130 valence electrons. The number of ether oxygens (including phenoxy) is 1. The lowest BCUT2D eigenvalue weighted by molar-refractivity contribution is 0.0528. The molecule has 0 radical (unpaired) electrons. The average molecular weight is 376 g/mol. The predicted octanol–water partition coefficient (Wildman–Crippen LogP) is 1.22. The molecule has 0 amide bonds. The first-order valence-electron chi connectivity index (χ1n) is 6.38. The van der Waals surface area contributed by atoms with E-state index in [1.165, 1.54) is 6.92 Å². The van der Waals surface area contributed by atoms with Crippen LogP contribution in [-0.4, -0.2) is 43.6 Å². The van der Waals surface area contributed by atoms with Crippen LogP contribution >= 0.6 is 0 Å². The number of benzene rings is 2. The number of phenols is 1. The highest BCUT2D eigenvalue weighted by molar-refractivity contribution is 7.86. The number of hydrogen-bond donors (Lipinski definition) is 3. The van der Waals surface area contributed by atoms with Crippen LogP contribution in [0.5, 0.6) is 5.75 Å². The molecule has 0 aliphatic carbocycles. The van der Waals surface area contributed by atoms with Gasteiger partial charge in [0.2, 0.25) is 0 Å². The number of aromatic hydroxyl groups is 1. The number of rotatable bonds is 4. The van der Waals surface area contributed by atoms with Crippen LogP contribution in [0.2, 0.25) is 0 Å². The minimum Gasteiger partial charge on any atom is -0.507 e. The van der Waals surface area contributed by atoms with Crippen molar-refractivity contribution in [3.8, 4) is 5.75 Å². The van der Waals surface area contributed by atoms with E-state index in [9.17, 15) is 31.3 Å². The summed E-state index contributed by atoms with van der Waals surface area (Å²) in [6, 6.07) is 3.19. The lowest BCUT2D eigenvalue weighted by Crippen LogP contribution is -2.08. The van der Waals surface area contributed by atoms with E-state index in [1.54, 1.807) is 0 Å². The molecule has 0 aliphatic heterocycles. The third-order valence-electron chi connectivity index (χ3n) is 3.07. The van der Waals surface area contributed by atoms with Gasteiger partial charge in [0.05, 0.1) is 22.0 Å². The van der Waals surface area contributed by atoms with Gasteiger partial charge in [-0.05, 0) is 30.5 Å². The molecule has 11 heteroatoms. The number of esters is 1. The van der Waals surface area contributed by atoms with Gasteiger partial charge in [-0.1, -0.05) is 0 Å². The topological polar surface area (TPSA) is 155 Å². The van der Waals surface area contributed by atoms with E-state index in [1.807, 2.05) is 0 Å². The molecular formula is C13H12O9S2. The minimum atomic E-state index is -4.73. The van der Waals surface area contributed by atoms with Crippen molar-refractivity contribution in [2.75, 3.05) is 6.61 Å². The number of phenolic OH excluding ortho intramolecular Hbond substituents is 1. The van der Waals surface area contributed by atoms with Crippen molar-refractivity contribution in [2.45, 2.75) is 16.7 Å². The molecule has 0 unspecified atom stereocenters. The van der Waals surface area contributed by atoms with Gasteiger partial charge in [-0.2, -0.15) is 16.8 Å². The summed E-state index contributed by atoms with van der Waals surface area (Å²) < 4.78 is 68.1. The molecule has 2 rings (SSSR count). The van der Waals surface area contributed by atoms with E-state index in [-0.39, 0.29) is 22.9 Å². The smallest absolute Gasteiger partial charge is 0.338 e. The zero-order chi connectivity index (χ0) is 18.3. The fourth-order valence-electron chi connectivity index (χ4n) is 2.11. The van der Waals surface area contributed by atoms with Crippen LogP contribution in [0.1, 0.15) is 17.3 Å². The summed E-state index contributed by atoms with van der Waals surface area (Å²) in [6.07, 6.45) is 0. The summed E-state index contributed by atoms with van der Waals surface area (Å²) >= 11 is 0. The number of fused-ring (bicyclic) bond motifs is 1. The van der Waals surface area contributed by atoms with E-state index in [0.717, 1.165) is 18.2 Å². The van der Waals surface area contributed by atoms with Gasteiger partial charge in [-0.3, -0.25) is 9.11 Å². The van der Waals surface area contributed by atoms with Crippen molar-refractivity contribution < 1.29 is 40.6 Å². The zero-order valence-electron chi connectivity index (χ0n) is 12.1. The normalized spacial score (nSPS) is 12.3. The Morgan fingerprint density at radius 1 is 1.00 bits per heavy atom. The van der Waals surface area contributed by atoms with Gasteiger partial charge in [-0.25, -0.2) is 4.79 Å². The van der Waals surface area contributed by atoms with Crippen LogP contribution in [0.3, 0.4) is 0 Å².